The molecule has 1 amide bonds. The zero-order chi connectivity index (χ0) is 18.5. The number of alkyl halides is 1. The molecule has 0 aliphatic rings. The maximum absolute atomic E-state index is 14.8. The highest BCUT2D eigenvalue weighted by Gasteiger charge is 2.46. The van der Waals surface area contributed by atoms with Crippen LogP contribution in [0.2, 0.25) is 0 Å². The molecule has 24 heavy (non-hydrogen) atoms. The van der Waals surface area contributed by atoms with Crippen molar-refractivity contribution in [1.82, 2.24) is 5.32 Å². The van der Waals surface area contributed by atoms with E-state index in [1.165, 1.54) is 32.0 Å². The van der Waals surface area contributed by atoms with E-state index in [4.69, 9.17) is 4.74 Å². The second kappa shape index (κ2) is 7.59. The molecule has 0 bridgehead atoms. The summed E-state index contributed by atoms with van der Waals surface area (Å²) in [5.41, 5.74) is -3.01. The van der Waals surface area contributed by atoms with Crippen molar-refractivity contribution in [3.05, 3.63) is 35.6 Å². The quantitative estimate of drug-likeness (QED) is 0.832. The van der Waals surface area contributed by atoms with Gasteiger partial charge in [-0.15, -0.1) is 0 Å². The van der Waals surface area contributed by atoms with Gasteiger partial charge in [0.25, 0.3) is 0 Å². The van der Waals surface area contributed by atoms with Crippen molar-refractivity contribution in [2.45, 2.75) is 51.9 Å². The second-order valence-corrected chi connectivity index (χ2v) is 6.42. The topological polar surface area (TPSA) is 64.6 Å². The van der Waals surface area contributed by atoms with Gasteiger partial charge in [0.15, 0.2) is 0 Å². The Balaban J connectivity index is 3.24. The van der Waals surface area contributed by atoms with Crippen molar-refractivity contribution in [3.63, 3.8) is 0 Å². The molecule has 1 aromatic rings. The van der Waals surface area contributed by atoms with Crippen LogP contribution in [0.15, 0.2) is 24.3 Å². The average Bonchev–Trinajstić information content (AvgIpc) is 2.44. The molecule has 1 aromatic carbocycles. The number of halogens is 2. The van der Waals surface area contributed by atoms with E-state index in [0.29, 0.717) is 0 Å². The Labute approximate surface area is 140 Å². The summed E-state index contributed by atoms with van der Waals surface area (Å²) in [6.07, 6.45) is -3.29. The van der Waals surface area contributed by atoms with E-state index in [9.17, 15) is 18.4 Å². The molecule has 1 N–H and O–H groups in total. The lowest BCUT2D eigenvalue weighted by Crippen LogP contribution is -2.54. The molecule has 1 rings (SSSR count). The molecule has 0 heterocycles. The van der Waals surface area contributed by atoms with Crippen LogP contribution in [0.3, 0.4) is 0 Å². The van der Waals surface area contributed by atoms with Crippen LogP contribution in [0.1, 0.15) is 40.2 Å². The Bertz CT molecular complexity index is 600. The number of esters is 1. The van der Waals surface area contributed by atoms with Crippen LogP contribution in [-0.2, 0) is 19.8 Å². The second-order valence-electron chi connectivity index (χ2n) is 6.42. The number of benzene rings is 1. The first-order valence-corrected chi connectivity index (χ1v) is 7.58. The molecule has 0 saturated carbocycles. The van der Waals surface area contributed by atoms with Gasteiger partial charge in [0, 0.05) is 5.56 Å². The molecule has 134 valence electrons. The van der Waals surface area contributed by atoms with Gasteiger partial charge in [-0.1, -0.05) is 18.2 Å². The molecule has 7 heteroatoms. The fraction of sp³-hybridized carbons (Fsp3) is 0.529. The van der Waals surface area contributed by atoms with Crippen molar-refractivity contribution >= 4 is 12.1 Å². The number of amides is 1. The Morgan fingerprint density at radius 1 is 1.21 bits per heavy atom. The fourth-order valence-electron chi connectivity index (χ4n) is 2.12. The van der Waals surface area contributed by atoms with Crippen LogP contribution in [0.4, 0.5) is 13.6 Å². The van der Waals surface area contributed by atoms with E-state index in [0.717, 1.165) is 6.07 Å². The first-order valence-electron chi connectivity index (χ1n) is 7.58. The summed E-state index contributed by atoms with van der Waals surface area (Å²) in [5.74, 6) is -1.96. The molecule has 0 aliphatic heterocycles. The van der Waals surface area contributed by atoms with Crippen LogP contribution in [-0.4, -0.2) is 30.4 Å². The number of alkyl carbamates (subject to hydrolysis) is 1. The van der Waals surface area contributed by atoms with Crippen molar-refractivity contribution in [1.29, 1.82) is 0 Å². The number of nitrogens with one attached hydrogen (secondary N) is 1. The number of carbonyl (C=O) groups excluding carboxylic acids is 2. The molecular formula is C17H23F2NO4. The van der Waals surface area contributed by atoms with E-state index in [1.807, 2.05) is 0 Å². The summed E-state index contributed by atoms with van der Waals surface area (Å²) in [4.78, 5) is 23.9. The number of ether oxygens (including phenoxy) is 2. The third kappa shape index (κ3) is 4.91. The normalized spacial score (nSPS) is 15.1. The maximum atomic E-state index is 14.8. The third-order valence-electron chi connectivity index (χ3n) is 3.19. The Morgan fingerprint density at radius 3 is 2.29 bits per heavy atom. The summed E-state index contributed by atoms with van der Waals surface area (Å²) in [6.45, 7) is 7.57. The first-order chi connectivity index (χ1) is 11.0. The highest BCUT2D eigenvalue weighted by atomic mass is 19.1. The summed E-state index contributed by atoms with van der Waals surface area (Å²) in [5, 5.41) is 2.27. The number of carbonyl (C=O) groups is 2. The minimum Gasteiger partial charge on any atom is -0.464 e. The average molecular weight is 343 g/mol. The van der Waals surface area contributed by atoms with Crippen LogP contribution >= 0.6 is 0 Å². The van der Waals surface area contributed by atoms with Crippen molar-refractivity contribution in [3.8, 4) is 0 Å². The SMILES string of the molecule is CCOC(=O)[C@H](F)[C@](C)(NC(=O)OC(C)(C)C)c1ccccc1F. The van der Waals surface area contributed by atoms with Crippen LogP contribution in [0.5, 0.6) is 0 Å². The van der Waals surface area contributed by atoms with Gasteiger partial charge in [0.05, 0.1) is 6.61 Å². The monoisotopic (exact) mass is 343 g/mol. The Kier molecular flexibility index (Phi) is 6.29. The maximum Gasteiger partial charge on any atom is 0.408 e. The smallest absolute Gasteiger partial charge is 0.408 e. The zero-order valence-corrected chi connectivity index (χ0v) is 14.5. The van der Waals surface area contributed by atoms with Crippen LogP contribution in [0, 0.1) is 5.82 Å². The highest BCUT2D eigenvalue weighted by molar-refractivity contribution is 5.79. The number of rotatable bonds is 5. The largest absolute Gasteiger partial charge is 0.464 e. The Hall–Kier alpha value is -2.18. The summed E-state index contributed by atoms with van der Waals surface area (Å²) >= 11 is 0. The molecule has 0 spiro atoms. The van der Waals surface area contributed by atoms with Gasteiger partial charge in [-0.2, -0.15) is 0 Å². The fourth-order valence-corrected chi connectivity index (χ4v) is 2.12. The van der Waals surface area contributed by atoms with Crippen LogP contribution in [0.25, 0.3) is 0 Å². The van der Waals surface area contributed by atoms with E-state index >= 15 is 0 Å². The lowest BCUT2D eigenvalue weighted by Gasteiger charge is -2.34. The lowest BCUT2D eigenvalue weighted by molar-refractivity contribution is -0.152. The van der Waals surface area contributed by atoms with Crippen molar-refractivity contribution in [2.75, 3.05) is 6.61 Å². The minimum absolute atomic E-state index is 0.0426. The number of hydrogen-bond acceptors (Lipinski definition) is 4. The predicted molar refractivity (Wildman–Crippen MR) is 84.7 cm³/mol. The summed E-state index contributed by atoms with van der Waals surface area (Å²) in [7, 11) is 0. The third-order valence-corrected chi connectivity index (χ3v) is 3.19. The summed E-state index contributed by atoms with van der Waals surface area (Å²) in [6, 6.07) is 5.30. The molecule has 0 aromatic heterocycles. The van der Waals surface area contributed by atoms with Crippen LogP contribution < -0.4 is 5.32 Å². The molecule has 0 radical (unpaired) electrons. The van der Waals surface area contributed by atoms with E-state index < -0.39 is 35.2 Å². The molecule has 0 fully saturated rings. The first kappa shape index (κ1) is 19.9. The van der Waals surface area contributed by atoms with E-state index in [1.54, 1.807) is 20.8 Å². The molecule has 0 unspecified atom stereocenters. The van der Waals surface area contributed by atoms with Gasteiger partial charge in [0.1, 0.15) is 17.0 Å². The van der Waals surface area contributed by atoms with Gasteiger partial charge < -0.3 is 14.8 Å². The predicted octanol–water partition coefficient (Wildman–Crippen LogP) is 3.47. The van der Waals surface area contributed by atoms with Gasteiger partial charge in [-0.25, -0.2) is 18.4 Å². The van der Waals surface area contributed by atoms with Gasteiger partial charge in [0.2, 0.25) is 6.17 Å². The van der Waals surface area contributed by atoms with Crippen molar-refractivity contribution < 1.29 is 27.8 Å². The minimum atomic E-state index is -2.32. The standard InChI is InChI=1S/C17H23F2NO4/c1-6-23-14(21)13(19)17(5,11-9-7-8-10-12(11)18)20-15(22)24-16(2,3)4/h7-10,13H,6H2,1-5H3,(H,20,22)/t13-,17+/m0/s1. The molecule has 2 atom stereocenters. The highest BCUT2D eigenvalue weighted by Crippen LogP contribution is 2.30. The number of hydrogen-bond donors (Lipinski definition) is 1. The Morgan fingerprint density at radius 2 is 1.79 bits per heavy atom. The summed E-state index contributed by atoms with van der Waals surface area (Å²) < 4.78 is 38.7. The van der Waals surface area contributed by atoms with E-state index in [-0.39, 0.29) is 12.2 Å². The molecule has 0 aliphatic carbocycles. The zero-order valence-electron chi connectivity index (χ0n) is 14.5. The van der Waals surface area contributed by atoms with Gasteiger partial charge >= 0.3 is 12.1 Å². The van der Waals surface area contributed by atoms with Gasteiger partial charge in [-0.3, -0.25) is 0 Å². The molecule has 0 saturated heterocycles. The van der Waals surface area contributed by atoms with Crippen molar-refractivity contribution in [2.24, 2.45) is 0 Å². The molecule has 5 nitrogen and oxygen atoms in total. The molecular weight excluding hydrogens is 320 g/mol. The van der Waals surface area contributed by atoms with Gasteiger partial charge in [-0.05, 0) is 40.7 Å². The lowest BCUT2D eigenvalue weighted by atomic mass is 9.86. The van der Waals surface area contributed by atoms with E-state index in [2.05, 4.69) is 10.1 Å².